The molecule has 1 saturated heterocycles. The van der Waals surface area contributed by atoms with Crippen molar-refractivity contribution in [3.63, 3.8) is 0 Å². The summed E-state index contributed by atoms with van der Waals surface area (Å²) >= 11 is 3.03. The first-order valence-corrected chi connectivity index (χ1v) is 10.2. The van der Waals surface area contributed by atoms with E-state index in [1.165, 1.54) is 22.2 Å². The Hall–Kier alpha value is -1.34. The molecule has 2 aromatic rings. The number of hydrogen-bond acceptors (Lipinski definition) is 6. The van der Waals surface area contributed by atoms with Gasteiger partial charge in [-0.15, -0.1) is 11.3 Å². The number of nitrogens with zero attached hydrogens (tertiary/aromatic N) is 2. The van der Waals surface area contributed by atoms with Crippen molar-refractivity contribution in [3.8, 4) is 0 Å². The van der Waals surface area contributed by atoms with Crippen LogP contribution in [0.1, 0.15) is 43.6 Å². The van der Waals surface area contributed by atoms with Crippen molar-refractivity contribution in [2.75, 3.05) is 0 Å². The number of hydrogen-bond donors (Lipinski definition) is 0. The fraction of sp³-hybridized carbons (Fsp3) is 0.588. The van der Waals surface area contributed by atoms with Crippen LogP contribution >= 0.6 is 23.1 Å². The van der Waals surface area contributed by atoms with E-state index in [1.807, 2.05) is 6.92 Å². The van der Waals surface area contributed by atoms with Gasteiger partial charge < -0.3 is 4.74 Å². The molecular formula is C17H20N2O3S2. The Kier molecular flexibility index (Phi) is 4.16. The molecule has 2 aromatic heterocycles. The maximum atomic E-state index is 13.1. The molecule has 0 spiro atoms. The third-order valence-corrected chi connectivity index (χ3v) is 6.99. The van der Waals surface area contributed by atoms with Crippen LogP contribution in [0.2, 0.25) is 0 Å². The van der Waals surface area contributed by atoms with Crippen molar-refractivity contribution in [3.05, 3.63) is 20.8 Å². The molecule has 0 saturated carbocycles. The van der Waals surface area contributed by atoms with E-state index >= 15 is 0 Å². The van der Waals surface area contributed by atoms with Crippen molar-refractivity contribution >= 4 is 39.3 Å². The average molecular weight is 364 g/mol. The first-order chi connectivity index (χ1) is 11.6. The van der Waals surface area contributed by atoms with E-state index in [2.05, 4.69) is 6.92 Å². The number of carbonyl (C=O) groups is 1. The summed E-state index contributed by atoms with van der Waals surface area (Å²) in [7, 11) is 0. The van der Waals surface area contributed by atoms with Crippen molar-refractivity contribution in [1.82, 2.24) is 9.55 Å². The molecule has 4 rings (SSSR count). The van der Waals surface area contributed by atoms with Crippen LogP contribution in [0.4, 0.5) is 0 Å². The van der Waals surface area contributed by atoms with Crippen LogP contribution in [0.3, 0.4) is 0 Å². The Labute approximate surface area is 148 Å². The number of rotatable bonds is 4. The number of ether oxygens (including phenoxy) is 1. The van der Waals surface area contributed by atoms with Gasteiger partial charge in [-0.3, -0.25) is 14.2 Å². The van der Waals surface area contributed by atoms with E-state index in [0.717, 1.165) is 35.9 Å². The van der Waals surface area contributed by atoms with Crippen LogP contribution in [-0.4, -0.2) is 26.9 Å². The van der Waals surface area contributed by atoms with Gasteiger partial charge in [-0.1, -0.05) is 18.7 Å². The van der Waals surface area contributed by atoms with Gasteiger partial charge in [0.1, 0.15) is 16.2 Å². The Morgan fingerprint density at radius 1 is 1.38 bits per heavy atom. The molecule has 2 unspecified atom stereocenters. The lowest BCUT2D eigenvalue weighted by molar-refractivity contribution is -0.140. The molecular weight excluding hydrogens is 344 g/mol. The summed E-state index contributed by atoms with van der Waals surface area (Å²) in [5, 5.41) is 1.21. The molecule has 0 amide bonds. The van der Waals surface area contributed by atoms with Gasteiger partial charge in [0, 0.05) is 17.8 Å². The fourth-order valence-corrected chi connectivity index (χ4v) is 6.04. The third kappa shape index (κ3) is 2.58. The number of aryl methyl sites for hydroxylation is 2. The van der Waals surface area contributed by atoms with Crippen molar-refractivity contribution in [2.45, 2.75) is 69.0 Å². The second-order valence-electron chi connectivity index (χ2n) is 6.48. The van der Waals surface area contributed by atoms with E-state index in [4.69, 9.17) is 9.72 Å². The van der Waals surface area contributed by atoms with Crippen LogP contribution in [0.25, 0.3) is 10.2 Å². The molecule has 0 bridgehead atoms. The number of esters is 1. The molecule has 1 aliphatic carbocycles. The highest BCUT2D eigenvalue weighted by atomic mass is 32.2. The molecule has 0 radical (unpaired) electrons. The molecule has 5 nitrogen and oxygen atoms in total. The quantitative estimate of drug-likeness (QED) is 0.616. The molecule has 1 fully saturated rings. The van der Waals surface area contributed by atoms with E-state index in [1.54, 1.807) is 15.9 Å². The minimum absolute atomic E-state index is 0.0585. The van der Waals surface area contributed by atoms with Crippen LogP contribution in [0, 0.1) is 0 Å². The summed E-state index contributed by atoms with van der Waals surface area (Å²) < 4.78 is 7.00. The van der Waals surface area contributed by atoms with E-state index < -0.39 is 0 Å². The second-order valence-corrected chi connectivity index (χ2v) is 8.73. The Morgan fingerprint density at radius 3 is 2.92 bits per heavy atom. The molecule has 3 heterocycles. The third-order valence-electron chi connectivity index (χ3n) is 4.61. The Bertz CT molecular complexity index is 871. The lowest BCUT2D eigenvalue weighted by atomic mass is 10.2. The summed E-state index contributed by atoms with van der Waals surface area (Å²) in [5.74, 6) is -0.196. The zero-order chi connectivity index (χ0) is 16.8. The largest absolute Gasteiger partial charge is 0.462 e. The fourth-order valence-electron chi connectivity index (χ4n) is 3.51. The molecule has 0 aromatic carbocycles. The van der Waals surface area contributed by atoms with Crippen molar-refractivity contribution < 1.29 is 9.53 Å². The molecule has 1 aliphatic heterocycles. The van der Waals surface area contributed by atoms with Crippen LogP contribution in [0.5, 0.6) is 0 Å². The molecule has 2 aliphatic rings. The highest BCUT2D eigenvalue weighted by Gasteiger charge is 2.34. The normalized spacial score (nSPS) is 23.0. The minimum Gasteiger partial charge on any atom is -0.462 e. The lowest BCUT2D eigenvalue weighted by Gasteiger charge is -2.13. The second kappa shape index (κ2) is 6.19. The standard InChI is InChI=1S/C17H20N2O3S2/c1-3-7-19-15(20)13-10-5-4-6-11(10)23-14(13)18-17(19)24-12-8-9(2)22-16(12)21/h9,12H,3-8H2,1-2H3. The zero-order valence-electron chi connectivity index (χ0n) is 13.8. The summed E-state index contributed by atoms with van der Waals surface area (Å²) in [4.78, 5) is 32.0. The van der Waals surface area contributed by atoms with Gasteiger partial charge in [-0.05, 0) is 38.2 Å². The van der Waals surface area contributed by atoms with Gasteiger partial charge >= 0.3 is 5.97 Å². The summed E-state index contributed by atoms with van der Waals surface area (Å²) in [6.45, 7) is 4.58. The lowest BCUT2D eigenvalue weighted by Crippen LogP contribution is -2.24. The number of fused-ring (bicyclic) bond motifs is 3. The van der Waals surface area contributed by atoms with Crippen LogP contribution in [0.15, 0.2) is 9.95 Å². The first kappa shape index (κ1) is 16.1. The van der Waals surface area contributed by atoms with Gasteiger partial charge in [0.05, 0.1) is 5.39 Å². The molecule has 7 heteroatoms. The predicted octanol–water partition coefficient (Wildman–Crippen LogP) is 3.15. The predicted molar refractivity (Wildman–Crippen MR) is 96.0 cm³/mol. The number of aromatic nitrogens is 2. The minimum atomic E-state index is -0.265. The van der Waals surface area contributed by atoms with Gasteiger partial charge in [0.2, 0.25) is 0 Å². The van der Waals surface area contributed by atoms with Gasteiger partial charge in [0.25, 0.3) is 5.56 Å². The highest BCUT2D eigenvalue weighted by molar-refractivity contribution is 8.00. The van der Waals surface area contributed by atoms with Crippen LogP contribution in [-0.2, 0) is 28.9 Å². The summed E-state index contributed by atoms with van der Waals surface area (Å²) in [6, 6.07) is 0. The van der Waals surface area contributed by atoms with Gasteiger partial charge in [-0.2, -0.15) is 0 Å². The number of thioether (sulfide) groups is 1. The molecule has 0 N–H and O–H groups in total. The van der Waals surface area contributed by atoms with Gasteiger partial charge in [0.15, 0.2) is 5.16 Å². The number of cyclic esters (lactones) is 1. The summed E-state index contributed by atoms with van der Waals surface area (Å²) in [5.41, 5.74) is 1.27. The van der Waals surface area contributed by atoms with Gasteiger partial charge in [-0.25, -0.2) is 4.98 Å². The monoisotopic (exact) mass is 364 g/mol. The average Bonchev–Trinajstić information content (AvgIpc) is 3.18. The highest BCUT2D eigenvalue weighted by Crippen LogP contribution is 2.37. The topological polar surface area (TPSA) is 61.2 Å². The first-order valence-electron chi connectivity index (χ1n) is 8.50. The van der Waals surface area contributed by atoms with Crippen LogP contribution < -0.4 is 5.56 Å². The number of carbonyl (C=O) groups excluding carboxylic acids is 1. The Balaban J connectivity index is 1.81. The molecule has 24 heavy (non-hydrogen) atoms. The molecule has 2 atom stereocenters. The molecule has 128 valence electrons. The maximum Gasteiger partial charge on any atom is 0.319 e. The van der Waals surface area contributed by atoms with E-state index in [9.17, 15) is 9.59 Å². The summed E-state index contributed by atoms with van der Waals surface area (Å²) in [6.07, 6.45) is 4.64. The van der Waals surface area contributed by atoms with E-state index in [0.29, 0.717) is 18.1 Å². The SMILES string of the molecule is CCCn1c(SC2CC(C)OC2=O)nc2sc3c(c2c1=O)CCC3. The van der Waals surface area contributed by atoms with Crippen molar-refractivity contribution in [2.24, 2.45) is 0 Å². The van der Waals surface area contributed by atoms with E-state index in [-0.39, 0.29) is 22.9 Å². The zero-order valence-corrected chi connectivity index (χ0v) is 15.5. The number of thiophene rings is 1. The van der Waals surface area contributed by atoms with Crippen molar-refractivity contribution in [1.29, 1.82) is 0 Å². The smallest absolute Gasteiger partial charge is 0.319 e. The Morgan fingerprint density at radius 2 is 2.21 bits per heavy atom. The maximum absolute atomic E-state index is 13.1.